The molecule has 3 unspecified atom stereocenters. The molecular weight excluding hydrogens is 216 g/mol. The zero-order chi connectivity index (χ0) is 12.9. The lowest BCUT2D eigenvalue weighted by Crippen LogP contribution is -2.42. The third-order valence-corrected chi connectivity index (χ3v) is 4.00. The molecule has 100 valence electrons. The quantitative estimate of drug-likeness (QED) is 0.609. The van der Waals surface area contributed by atoms with Crippen LogP contribution < -0.4 is 0 Å². The van der Waals surface area contributed by atoms with Gasteiger partial charge in [0.2, 0.25) is 0 Å². The van der Waals surface area contributed by atoms with E-state index in [0.717, 1.165) is 32.1 Å². The summed E-state index contributed by atoms with van der Waals surface area (Å²) in [5.74, 6) is 0.0727. The maximum atomic E-state index is 11.9. The minimum Gasteiger partial charge on any atom is -0.466 e. The maximum Gasteiger partial charge on any atom is 0.311 e. The molecule has 1 aliphatic carbocycles. The monoisotopic (exact) mass is 242 g/mol. The fraction of sp³-hybridized carbons (Fsp3) is 0.929. The molecule has 3 atom stereocenters. The lowest BCUT2D eigenvalue weighted by atomic mass is 9.79. The van der Waals surface area contributed by atoms with Gasteiger partial charge in [0.05, 0.1) is 18.1 Å². The molecule has 0 aromatic heterocycles. The Morgan fingerprint density at radius 2 is 2.12 bits per heavy atom. The van der Waals surface area contributed by atoms with Crippen LogP contribution in [0.4, 0.5) is 0 Å². The first-order valence-corrected chi connectivity index (χ1v) is 6.92. The smallest absolute Gasteiger partial charge is 0.311 e. The van der Waals surface area contributed by atoms with Gasteiger partial charge >= 0.3 is 5.97 Å². The molecule has 0 bridgehead atoms. The van der Waals surface area contributed by atoms with Crippen molar-refractivity contribution in [3.8, 4) is 0 Å². The SMILES string of the molecule is CCOC(=O)C(CC)C1(O)CCCC(C)CC1. The molecule has 1 N–H and O–H groups in total. The molecule has 0 aromatic carbocycles. The van der Waals surface area contributed by atoms with Gasteiger partial charge in [0.1, 0.15) is 0 Å². The van der Waals surface area contributed by atoms with Gasteiger partial charge in [-0.3, -0.25) is 4.79 Å². The molecule has 17 heavy (non-hydrogen) atoms. The third-order valence-electron chi connectivity index (χ3n) is 4.00. The number of hydrogen-bond donors (Lipinski definition) is 1. The van der Waals surface area contributed by atoms with Crippen molar-refractivity contribution in [2.75, 3.05) is 6.61 Å². The van der Waals surface area contributed by atoms with E-state index in [1.807, 2.05) is 13.8 Å². The van der Waals surface area contributed by atoms with E-state index in [4.69, 9.17) is 4.74 Å². The zero-order valence-corrected chi connectivity index (χ0v) is 11.4. The molecule has 0 amide bonds. The molecule has 1 aliphatic rings. The van der Waals surface area contributed by atoms with E-state index < -0.39 is 5.60 Å². The molecular formula is C14H26O3. The molecule has 0 aliphatic heterocycles. The van der Waals surface area contributed by atoms with Gasteiger partial charge in [-0.2, -0.15) is 0 Å². The van der Waals surface area contributed by atoms with Gasteiger partial charge in [-0.25, -0.2) is 0 Å². The second-order valence-corrected chi connectivity index (χ2v) is 5.35. The lowest BCUT2D eigenvalue weighted by molar-refractivity contribution is -0.160. The van der Waals surface area contributed by atoms with Crippen LogP contribution in [0.3, 0.4) is 0 Å². The summed E-state index contributed by atoms with van der Waals surface area (Å²) in [7, 11) is 0. The van der Waals surface area contributed by atoms with Gasteiger partial charge in [0.15, 0.2) is 0 Å². The van der Waals surface area contributed by atoms with Crippen LogP contribution in [-0.2, 0) is 9.53 Å². The highest BCUT2D eigenvalue weighted by atomic mass is 16.5. The van der Waals surface area contributed by atoms with Gasteiger partial charge < -0.3 is 9.84 Å². The summed E-state index contributed by atoms with van der Waals surface area (Å²) in [6.45, 7) is 6.37. The molecule has 1 rings (SSSR count). The predicted molar refractivity (Wildman–Crippen MR) is 67.6 cm³/mol. The average molecular weight is 242 g/mol. The van der Waals surface area contributed by atoms with Crippen LogP contribution in [0, 0.1) is 11.8 Å². The minimum absolute atomic E-state index is 0.230. The Labute approximate surface area is 105 Å². The maximum absolute atomic E-state index is 11.9. The summed E-state index contributed by atoms with van der Waals surface area (Å²) in [5, 5.41) is 10.7. The van der Waals surface area contributed by atoms with Crippen LogP contribution in [0.2, 0.25) is 0 Å². The fourth-order valence-corrected chi connectivity index (χ4v) is 2.88. The van der Waals surface area contributed by atoms with Crippen LogP contribution in [-0.4, -0.2) is 23.3 Å². The second-order valence-electron chi connectivity index (χ2n) is 5.35. The van der Waals surface area contributed by atoms with Crippen molar-refractivity contribution in [1.29, 1.82) is 0 Å². The first kappa shape index (κ1) is 14.5. The Kier molecular flexibility index (Phi) is 5.44. The van der Waals surface area contributed by atoms with Gasteiger partial charge in [0.25, 0.3) is 0 Å². The number of carbonyl (C=O) groups excluding carboxylic acids is 1. The highest BCUT2D eigenvalue weighted by Crippen LogP contribution is 2.37. The molecule has 3 nitrogen and oxygen atoms in total. The summed E-state index contributed by atoms with van der Waals surface area (Å²) in [5.41, 5.74) is -0.842. The first-order chi connectivity index (χ1) is 8.03. The number of carbonyl (C=O) groups is 1. The highest BCUT2D eigenvalue weighted by Gasteiger charge is 2.41. The Morgan fingerprint density at radius 1 is 1.41 bits per heavy atom. The van der Waals surface area contributed by atoms with Crippen molar-refractivity contribution in [2.45, 2.75) is 64.9 Å². The number of hydrogen-bond acceptors (Lipinski definition) is 3. The Morgan fingerprint density at radius 3 is 2.71 bits per heavy atom. The standard InChI is InChI=1S/C14H26O3/c1-4-12(13(15)17-5-2)14(16)9-6-7-11(3)8-10-14/h11-12,16H,4-10H2,1-3H3. The topological polar surface area (TPSA) is 46.5 Å². The highest BCUT2D eigenvalue weighted by molar-refractivity contribution is 5.73. The molecule has 0 heterocycles. The predicted octanol–water partition coefficient (Wildman–Crippen LogP) is 2.91. The van der Waals surface area contributed by atoms with E-state index in [2.05, 4.69) is 6.92 Å². The fourth-order valence-electron chi connectivity index (χ4n) is 2.88. The Balaban J connectivity index is 2.74. The molecule has 0 radical (unpaired) electrons. The van der Waals surface area contributed by atoms with Crippen molar-refractivity contribution in [1.82, 2.24) is 0 Å². The summed E-state index contributed by atoms with van der Waals surface area (Å²) in [6, 6.07) is 0. The van der Waals surface area contributed by atoms with Crippen LogP contribution in [0.1, 0.15) is 59.3 Å². The van der Waals surface area contributed by atoms with Crippen molar-refractivity contribution in [2.24, 2.45) is 11.8 Å². The van der Waals surface area contributed by atoms with Crippen molar-refractivity contribution < 1.29 is 14.6 Å². The number of ether oxygens (including phenoxy) is 1. The van der Waals surface area contributed by atoms with Crippen LogP contribution in [0.15, 0.2) is 0 Å². The van der Waals surface area contributed by atoms with E-state index in [1.54, 1.807) is 0 Å². The lowest BCUT2D eigenvalue weighted by Gasteiger charge is -2.33. The molecule has 0 saturated heterocycles. The number of aliphatic hydroxyl groups is 1. The number of esters is 1. The average Bonchev–Trinajstić information content (AvgIpc) is 2.43. The summed E-state index contributed by atoms with van der Waals surface area (Å²) < 4.78 is 5.08. The molecule has 0 spiro atoms. The summed E-state index contributed by atoms with van der Waals surface area (Å²) >= 11 is 0. The molecule has 0 aromatic rings. The van der Waals surface area contributed by atoms with Crippen LogP contribution >= 0.6 is 0 Å². The molecule has 3 heteroatoms. The van der Waals surface area contributed by atoms with Crippen molar-refractivity contribution >= 4 is 5.97 Å². The van der Waals surface area contributed by atoms with E-state index >= 15 is 0 Å². The van der Waals surface area contributed by atoms with E-state index in [-0.39, 0.29) is 11.9 Å². The Hall–Kier alpha value is -0.570. The van der Waals surface area contributed by atoms with Gasteiger partial charge in [-0.05, 0) is 38.5 Å². The van der Waals surface area contributed by atoms with E-state index in [0.29, 0.717) is 18.9 Å². The Bertz CT molecular complexity index is 252. The number of rotatable bonds is 4. The van der Waals surface area contributed by atoms with Gasteiger partial charge in [-0.1, -0.05) is 26.7 Å². The minimum atomic E-state index is -0.842. The summed E-state index contributed by atoms with van der Waals surface area (Å²) in [6.07, 6.45) is 5.28. The van der Waals surface area contributed by atoms with Crippen molar-refractivity contribution in [3.63, 3.8) is 0 Å². The van der Waals surface area contributed by atoms with Crippen LogP contribution in [0.25, 0.3) is 0 Å². The third kappa shape index (κ3) is 3.70. The van der Waals surface area contributed by atoms with E-state index in [1.165, 1.54) is 0 Å². The van der Waals surface area contributed by atoms with Crippen LogP contribution in [0.5, 0.6) is 0 Å². The molecule has 1 saturated carbocycles. The summed E-state index contributed by atoms with van der Waals surface area (Å²) in [4.78, 5) is 11.9. The zero-order valence-electron chi connectivity index (χ0n) is 11.4. The van der Waals surface area contributed by atoms with Crippen molar-refractivity contribution in [3.05, 3.63) is 0 Å². The van der Waals surface area contributed by atoms with E-state index in [9.17, 15) is 9.90 Å². The van der Waals surface area contributed by atoms with Gasteiger partial charge in [-0.15, -0.1) is 0 Å². The normalized spacial score (nSPS) is 31.6. The second kappa shape index (κ2) is 6.39. The molecule has 1 fully saturated rings. The first-order valence-electron chi connectivity index (χ1n) is 6.92. The van der Waals surface area contributed by atoms with Gasteiger partial charge in [0, 0.05) is 0 Å². The largest absolute Gasteiger partial charge is 0.466 e.